The highest BCUT2D eigenvalue weighted by Gasteiger charge is 2.51. The van der Waals surface area contributed by atoms with Crippen LogP contribution in [0.3, 0.4) is 0 Å². The first-order chi connectivity index (χ1) is 19.1. The van der Waals surface area contributed by atoms with E-state index < -0.39 is 39.9 Å². The summed E-state index contributed by atoms with van der Waals surface area (Å²) in [5.41, 5.74) is -2.56. The average Bonchev–Trinajstić information content (AvgIpc) is 3.58. The number of hydrogen-bond donors (Lipinski definition) is 2. The molecule has 1 aromatic carbocycles. The fourth-order valence-corrected chi connectivity index (χ4v) is 5.83. The molecule has 1 saturated carbocycles. The highest BCUT2D eigenvalue weighted by atomic mass is 32.2. The maximum atomic E-state index is 13.9. The van der Waals surface area contributed by atoms with Crippen LogP contribution in [0, 0.1) is 30.1 Å². The molecule has 1 unspecified atom stereocenters. The van der Waals surface area contributed by atoms with Gasteiger partial charge in [-0.15, -0.1) is 0 Å². The summed E-state index contributed by atoms with van der Waals surface area (Å²) < 4.78 is 80.2. The summed E-state index contributed by atoms with van der Waals surface area (Å²) in [4.78, 5) is 24.6. The summed E-state index contributed by atoms with van der Waals surface area (Å²) in [6, 6.07) is 5.94. The Morgan fingerprint density at radius 1 is 1.29 bits per heavy atom. The number of aromatic nitrogens is 2. The normalized spacial score (nSPS) is 20.3. The predicted octanol–water partition coefficient (Wildman–Crippen LogP) is 3.33. The number of ether oxygens (including phenoxy) is 2. The number of amides is 2. The molecule has 41 heavy (non-hydrogen) atoms. The van der Waals surface area contributed by atoms with Crippen LogP contribution in [-0.4, -0.2) is 61.2 Å². The molecule has 1 aliphatic carbocycles. The van der Waals surface area contributed by atoms with Crippen molar-refractivity contribution < 1.29 is 40.7 Å². The van der Waals surface area contributed by atoms with Gasteiger partial charge in [0.2, 0.25) is 11.5 Å². The van der Waals surface area contributed by atoms with Crippen LogP contribution in [0.5, 0.6) is 5.75 Å². The van der Waals surface area contributed by atoms with Crippen molar-refractivity contribution in [3.8, 4) is 11.8 Å². The Kier molecular flexibility index (Phi) is 7.87. The SMILES string of the molecule is CCn1cc(S(=O)(=O)N2C[C@H](CNC(=O)[C@@H]3CC3C#N)Oc3ccc(NC(=O)OC(C)(C)C(F)(F)F)cc32)c(C)n1. The first kappa shape index (κ1) is 30.0. The van der Waals surface area contributed by atoms with E-state index in [0.717, 1.165) is 4.31 Å². The van der Waals surface area contributed by atoms with E-state index in [2.05, 4.69) is 20.5 Å². The highest BCUT2D eigenvalue weighted by molar-refractivity contribution is 7.92. The quantitative estimate of drug-likeness (QED) is 0.469. The van der Waals surface area contributed by atoms with E-state index in [1.807, 2.05) is 6.07 Å². The van der Waals surface area contributed by atoms with Crippen LogP contribution in [0.15, 0.2) is 29.3 Å². The standard InChI is InChI=1S/C25H29F3N6O6S/c1-5-33-13-21(14(2)32-33)41(37,38)34-12-17(11-30-22(35)18-8-15(18)10-29)39-20-7-6-16(9-19(20)34)31-23(36)40-24(3,4)25(26,27)28/h6-7,9,13,15,17-18H,5,8,11-12H2,1-4H3,(H,30,35)(H,31,36)/t15?,17-,18+/m0/s1. The zero-order chi connectivity index (χ0) is 30.3. The third-order valence-electron chi connectivity index (χ3n) is 6.76. The Labute approximate surface area is 234 Å². The number of aryl methyl sites for hydroxylation is 2. The Hall–Kier alpha value is -4.00. The second-order valence-electron chi connectivity index (χ2n) is 10.2. The number of benzene rings is 1. The van der Waals surface area contributed by atoms with Crippen molar-refractivity contribution in [2.24, 2.45) is 11.8 Å². The van der Waals surface area contributed by atoms with Crippen LogP contribution in [-0.2, 0) is 26.1 Å². The Bertz CT molecular complexity index is 1500. The number of carbonyl (C=O) groups excluding carboxylic acids is 2. The summed E-state index contributed by atoms with van der Waals surface area (Å²) in [6.45, 7) is 4.85. The number of nitrogens with one attached hydrogen (secondary N) is 2. The zero-order valence-electron chi connectivity index (χ0n) is 22.7. The summed E-state index contributed by atoms with van der Waals surface area (Å²) in [7, 11) is -4.26. The molecule has 0 saturated heterocycles. The fraction of sp³-hybridized carbons (Fsp3) is 0.520. The van der Waals surface area contributed by atoms with Gasteiger partial charge in [0.25, 0.3) is 10.0 Å². The number of nitrogens with zero attached hydrogens (tertiary/aromatic N) is 4. The van der Waals surface area contributed by atoms with Gasteiger partial charge in [-0.05, 0) is 52.3 Å². The largest absolute Gasteiger partial charge is 0.484 e. The third-order valence-corrected chi connectivity index (χ3v) is 8.64. The van der Waals surface area contributed by atoms with Gasteiger partial charge in [0.15, 0.2) is 0 Å². The van der Waals surface area contributed by atoms with Crippen molar-refractivity contribution >= 4 is 33.4 Å². The lowest BCUT2D eigenvalue weighted by Gasteiger charge is -2.35. The second-order valence-corrected chi connectivity index (χ2v) is 12.1. The number of halogens is 3. The van der Waals surface area contributed by atoms with Crippen LogP contribution in [0.1, 0.15) is 32.9 Å². The third kappa shape index (κ3) is 6.19. The number of carbonyl (C=O) groups is 2. The molecule has 0 bridgehead atoms. The number of rotatable bonds is 8. The predicted molar refractivity (Wildman–Crippen MR) is 138 cm³/mol. The van der Waals surface area contributed by atoms with E-state index in [9.17, 15) is 31.2 Å². The van der Waals surface area contributed by atoms with Crippen LogP contribution in [0.25, 0.3) is 0 Å². The molecule has 12 nitrogen and oxygen atoms in total. The Balaban J connectivity index is 1.62. The molecule has 2 amide bonds. The molecule has 1 fully saturated rings. The lowest BCUT2D eigenvalue weighted by molar-refractivity contribution is -0.242. The molecule has 222 valence electrons. The van der Waals surface area contributed by atoms with E-state index in [4.69, 9.17) is 10.00 Å². The van der Waals surface area contributed by atoms with Gasteiger partial charge < -0.3 is 14.8 Å². The molecular weight excluding hydrogens is 569 g/mol. The lowest BCUT2D eigenvalue weighted by atomic mass is 10.1. The van der Waals surface area contributed by atoms with Gasteiger partial charge in [0.05, 0.1) is 42.4 Å². The number of anilines is 2. The number of sulfonamides is 1. The van der Waals surface area contributed by atoms with E-state index in [-0.39, 0.29) is 52.6 Å². The highest BCUT2D eigenvalue weighted by Crippen LogP contribution is 2.40. The van der Waals surface area contributed by atoms with Gasteiger partial charge in [-0.2, -0.15) is 23.5 Å². The molecule has 0 spiro atoms. The van der Waals surface area contributed by atoms with Crippen molar-refractivity contribution in [2.75, 3.05) is 22.7 Å². The van der Waals surface area contributed by atoms with E-state index >= 15 is 0 Å². The molecule has 1 aliphatic heterocycles. The molecule has 2 N–H and O–H groups in total. The van der Waals surface area contributed by atoms with E-state index in [1.54, 1.807) is 6.92 Å². The van der Waals surface area contributed by atoms with Gasteiger partial charge in [0, 0.05) is 18.4 Å². The van der Waals surface area contributed by atoms with Crippen molar-refractivity contribution in [3.63, 3.8) is 0 Å². The van der Waals surface area contributed by atoms with E-state index in [0.29, 0.717) is 26.8 Å². The topological polar surface area (TPSA) is 156 Å². The number of alkyl halides is 3. The minimum absolute atomic E-state index is 0.0100. The maximum absolute atomic E-state index is 13.9. The number of hydrogen-bond acceptors (Lipinski definition) is 8. The van der Waals surface area contributed by atoms with E-state index in [1.165, 1.54) is 36.0 Å². The minimum atomic E-state index is -4.82. The van der Waals surface area contributed by atoms with Crippen LogP contribution in [0.4, 0.5) is 29.3 Å². The monoisotopic (exact) mass is 598 g/mol. The fourth-order valence-electron chi connectivity index (χ4n) is 4.16. The lowest BCUT2D eigenvalue weighted by Crippen LogP contribution is -2.48. The van der Waals surface area contributed by atoms with Crippen LogP contribution >= 0.6 is 0 Å². The minimum Gasteiger partial charge on any atom is -0.484 e. The Morgan fingerprint density at radius 2 is 2.00 bits per heavy atom. The molecule has 16 heteroatoms. The first-order valence-electron chi connectivity index (χ1n) is 12.7. The summed E-state index contributed by atoms with van der Waals surface area (Å²) in [6.07, 6.45) is -5.20. The van der Waals surface area contributed by atoms with Crippen molar-refractivity contribution in [3.05, 3.63) is 30.1 Å². The molecule has 2 aromatic rings. The molecule has 4 rings (SSSR count). The zero-order valence-corrected chi connectivity index (χ0v) is 23.5. The first-order valence-corrected chi connectivity index (χ1v) is 14.1. The molecule has 3 atom stereocenters. The van der Waals surface area contributed by atoms with Gasteiger partial charge in [0.1, 0.15) is 16.7 Å². The van der Waals surface area contributed by atoms with Crippen molar-refractivity contribution in [1.82, 2.24) is 15.1 Å². The van der Waals surface area contributed by atoms with Gasteiger partial charge in [-0.25, -0.2) is 13.2 Å². The summed E-state index contributed by atoms with van der Waals surface area (Å²) in [5, 5.41) is 18.1. The molecule has 0 radical (unpaired) electrons. The average molecular weight is 599 g/mol. The molecule has 1 aromatic heterocycles. The van der Waals surface area contributed by atoms with Gasteiger partial charge in [-0.1, -0.05) is 0 Å². The summed E-state index contributed by atoms with van der Waals surface area (Å²) in [5.74, 6) is -1.01. The second kappa shape index (κ2) is 10.8. The maximum Gasteiger partial charge on any atom is 0.427 e. The van der Waals surface area contributed by atoms with Gasteiger partial charge in [-0.3, -0.25) is 19.1 Å². The number of nitriles is 1. The Morgan fingerprint density at radius 3 is 2.59 bits per heavy atom. The van der Waals surface area contributed by atoms with Crippen LogP contribution in [0.2, 0.25) is 0 Å². The van der Waals surface area contributed by atoms with Crippen molar-refractivity contribution in [2.45, 2.75) is 63.4 Å². The molecule has 2 heterocycles. The molecular formula is C25H29F3N6O6S. The van der Waals surface area contributed by atoms with Gasteiger partial charge >= 0.3 is 12.3 Å². The smallest absolute Gasteiger partial charge is 0.427 e. The van der Waals surface area contributed by atoms with Crippen LogP contribution < -0.4 is 19.7 Å². The number of fused-ring (bicyclic) bond motifs is 1. The van der Waals surface area contributed by atoms with Crippen molar-refractivity contribution in [1.29, 1.82) is 5.26 Å². The summed E-state index contributed by atoms with van der Waals surface area (Å²) >= 11 is 0. The molecule has 2 aliphatic rings.